The fourth-order valence-electron chi connectivity index (χ4n) is 2.15. The van der Waals surface area contributed by atoms with Gasteiger partial charge in [0, 0.05) is 19.7 Å². The van der Waals surface area contributed by atoms with Crippen molar-refractivity contribution >= 4 is 0 Å². The molecule has 4 heteroatoms. The number of aliphatic hydroxyl groups excluding tert-OH is 1. The molecule has 0 aromatic heterocycles. The monoisotopic (exact) mass is 216 g/mol. The zero-order valence-electron chi connectivity index (χ0n) is 9.91. The molecule has 15 heavy (non-hydrogen) atoms. The maximum Gasteiger partial charge on any atom is 0.0900 e. The molecule has 1 heterocycles. The molecule has 1 aliphatic rings. The molecule has 1 rings (SSSR count). The maximum absolute atomic E-state index is 9.59. The molecule has 0 saturated carbocycles. The molecule has 90 valence electrons. The van der Waals surface area contributed by atoms with E-state index in [4.69, 9.17) is 4.74 Å². The number of ether oxygens (including phenoxy) is 1. The number of hydrogen-bond donors (Lipinski definition) is 2. The smallest absolute Gasteiger partial charge is 0.0900 e. The standard InChI is InChI=1S/C11H24N2O2/c1-3-12-10-4-6-13(7-5-10)8-11(14)9-15-2/h10-12,14H,3-9H2,1-2H3. The van der Waals surface area contributed by atoms with Crippen LogP contribution < -0.4 is 5.32 Å². The second-order valence-corrected chi connectivity index (χ2v) is 4.24. The average molecular weight is 216 g/mol. The van der Waals surface area contributed by atoms with Crippen molar-refractivity contribution in [3.63, 3.8) is 0 Å². The third kappa shape index (κ3) is 4.93. The summed E-state index contributed by atoms with van der Waals surface area (Å²) in [6, 6.07) is 0.672. The molecule has 0 bridgehead atoms. The molecule has 1 aliphatic heterocycles. The van der Waals surface area contributed by atoms with Gasteiger partial charge in [0.2, 0.25) is 0 Å². The van der Waals surface area contributed by atoms with E-state index >= 15 is 0 Å². The SMILES string of the molecule is CCNC1CCN(CC(O)COC)CC1. The quantitative estimate of drug-likeness (QED) is 0.659. The van der Waals surface area contributed by atoms with Crippen molar-refractivity contribution in [2.75, 3.05) is 39.9 Å². The molecule has 1 saturated heterocycles. The summed E-state index contributed by atoms with van der Waals surface area (Å²) in [4.78, 5) is 2.32. The Morgan fingerprint density at radius 2 is 2.13 bits per heavy atom. The zero-order chi connectivity index (χ0) is 11.1. The molecule has 0 radical (unpaired) electrons. The Balaban J connectivity index is 2.14. The molecule has 0 spiro atoms. The van der Waals surface area contributed by atoms with Gasteiger partial charge < -0.3 is 20.1 Å². The summed E-state index contributed by atoms with van der Waals surface area (Å²) < 4.78 is 4.92. The fourth-order valence-corrected chi connectivity index (χ4v) is 2.15. The van der Waals surface area contributed by atoms with Crippen LogP contribution in [0.25, 0.3) is 0 Å². The molecular formula is C11H24N2O2. The van der Waals surface area contributed by atoms with Crippen molar-refractivity contribution in [2.24, 2.45) is 0 Å². The Labute approximate surface area is 92.6 Å². The summed E-state index contributed by atoms with van der Waals surface area (Å²) >= 11 is 0. The van der Waals surface area contributed by atoms with Gasteiger partial charge in [0.05, 0.1) is 12.7 Å². The van der Waals surface area contributed by atoms with Gasteiger partial charge >= 0.3 is 0 Å². The number of rotatable bonds is 6. The van der Waals surface area contributed by atoms with Gasteiger partial charge in [0.25, 0.3) is 0 Å². The molecule has 1 atom stereocenters. The lowest BCUT2D eigenvalue weighted by atomic mass is 10.0. The van der Waals surface area contributed by atoms with E-state index in [9.17, 15) is 5.11 Å². The first-order chi connectivity index (χ1) is 7.26. The van der Waals surface area contributed by atoms with E-state index in [0.29, 0.717) is 12.6 Å². The van der Waals surface area contributed by atoms with Crippen LogP contribution in [0.3, 0.4) is 0 Å². The van der Waals surface area contributed by atoms with Crippen molar-refractivity contribution in [2.45, 2.75) is 31.9 Å². The summed E-state index contributed by atoms with van der Waals surface area (Å²) in [7, 11) is 1.63. The van der Waals surface area contributed by atoms with Gasteiger partial charge in [-0.2, -0.15) is 0 Å². The fraction of sp³-hybridized carbons (Fsp3) is 1.00. The van der Waals surface area contributed by atoms with Crippen molar-refractivity contribution < 1.29 is 9.84 Å². The number of aliphatic hydroxyl groups is 1. The van der Waals surface area contributed by atoms with Crippen LogP contribution in [0, 0.1) is 0 Å². The van der Waals surface area contributed by atoms with Gasteiger partial charge in [-0.3, -0.25) is 0 Å². The van der Waals surface area contributed by atoms with Gasteiger partial charge in [0.1, 0.15) is 0 Å². The topological polar surface area (TPSA) is 44.7 Å². The number of methoxy groups -OCH3 is 1. The molecule has 0 aromatic rings. The summed E-state index contributed by atoms with van der Waals surface area (Å²) in [6.07, 6.45) is 2.03. The number of β-amino-alcohol motifs (C(OH)–C–C–N with tert-alkyl or cyclic N) is 1. The molecule has 1 fully saturated rings. The number of hydrogen-bond acceptors (Lipinski definition) is 4. The minimum Gasteiger partial charge on any atom is -0.389 e. The van der Waals surface area contributed by atoms with Crippen molar-refractivity contribution in [1.29, 1.82) is 0 Å². The van der Waals surface area contributed by atoms with Gasteiger partial charge in [-0.1, -0.05) is 6.92 Å². The van der Waals surface area contributed by atoms with Crippen LogP contribution >= 0.6 is 0 Å². The van der Waals surface area contributed by atoms with Gasteiger partial charge in [-0.25, -0.2) is 0 Å². The summed E-state index contributed by atoms with van der Waals surface area (Å²) in [5.41, 5.74) is 0. The number of nitrogens with one attached hydrogen (secondary N) is 1. The molecule has 1 unspecified atom stereocenters. The lowest BCUT2D eigenvalue weighted by Gasteiger charge is -2.33. The minimum absolute atomic E-state index is 0.342. The van der Waals surface area contributed by atoms with E-state index < -0.39 is 0 Å². The maximum atomic E-state index is 9.59. The highest BCUT2D eigenvalue weighted by Gasteiger charge is 2.19. The number of nitrogens with zero attached hydrogens (tertiary/aromatic N) is 1. The van der Waals surface area contributed by atoms with Gasteiger partial charge in [0.15, 0.2) is 0 Å². The third-order valence-electron chi connectivity index (χ3n) is 2.91. The van der Waals surface area contributed by atoms with Crippen LogP contribution in [0.2, 0.25) is 0 Å². The highest BCUT2D eigenvalue weighted by atomic mass is 16.5. The van der Waals surface area contributed by atoms with E-state index in [1.165, 1.54) is 12.8 Å². The molecule has 2 N–H and O–H groups in total. The van der Waals surface area contributed by atoms with Crippen LogP contribution in [0.5, 0.6) is 0 Å². The second-order valence-electron chi connectivity index (χ2n) is 4.24. The second kappa shape index (κ2) is 7.17. The van der Waals surface area contributed by atoms with E-state index in [-0.39, 0.29) is 6.10 Å². The van der Waals surface area contributed by atoms with Gasteiger partial charge in [-0.05, 0) is 32.5 Å². The Kier molecular flexibility index (Phi) is 6.17. The van der Waals surface area contributed by atoms with E-state index in [1.54, 1.807) is 7.11 Å². The Morgan fingerprint density at radius 3 is 2.67 bits per heavy atom. The zero-order valence-corrected chi connectivity index (χ0v) is 9.91. The lowest BCUT2D eigenvalue weighted by molar-refractivity contribution is 0.0312. The summed E-state index contributed by atoms with van der Waals surface area (Å²) in [5, 5.41) is 13.1. The molecule has 0 aliphatic carbocycles. The first kappa shape index (κ1) is 12.9. The van der Waals surface area contributed by atoms with Crippen LogP contribution in [0.1, 0.15) is 19.8 Å². The van der Waals surface area contributed by atoms with E-state index in [2.05, 4.69) is 17.1 Å². The van der Waals surface area contributed by atoms with E-state index in [0.717, 1.165) is 26.2 Å². The number of piperidine rings is 1. The summed E-state index contributed by atoms with van der Waals surface area (Å²) in [6.45, 7) is 6.54. The summed E-state index contributed by atoms with van der Waals surface area (Å²) in [5.74, 6) is 0. The predicted octanol–water partition coefficient (Wildman–Crippen LogP) is 0.0676. The molecule has 4 nitrogen and oxygen atoms in total. The Hall–Kier alpha value is -0.160. The Morgan fingerprint density at radius 1 is 1.47 bits per heavy atom. The van der Waals surface area contributed by atoms with E-state index in [1.807, 2.05) is 0 Å². The van der Waals surface area contributed by atoms with Crippen molar-refractivity contribution in [1.82, 2.24) is 10.2 Å². The van der Waals surface area contributed by atoms with Gasteiger partial charge in [-0.15, -0.1) is 0 Å². The van der Waals surface area contributed by atoms with Crippen LogP contribution in [-0.2, 0) is 4.74 Å². The molecular weight excluding hydrogens is 192 g/mol. The van der Waals surface area contributed by atoms with Crippen molar-refractivity contribution in [3.05, 3.63) is 0 Å². The highest BCUT2D eigenvalue weighted by molar-refractivity contribution is 4.77. The van der Waals surface area contributed by atoms with Crippen LogP contribution in [0.4, 0.5) is 0 Å². The normalized spacial score (nSPS) is 21.8. The number of likely N-dealkylation sites (tertiary alicyclic amines) is 1. The first-order valence-electron chi connectivity index (χ1n) is 5.89. The highest BCUT2D eigenvalue weighted by Crippen LogP contribution is 2.10. The lowest BCUT2D eigenvalue weighted by Crippen LogP contribution is -2.45. The first-order valence-corrected chi connectivity index (χ1v) is 5.89. The third-order valence-corrected chi connectivity index (χ3v) is 2.91. The average Bonchev–Trinajstić information content (AvgIpc) is 2.22. The predicted molar refractivity (Wildman–Crippen MR) is 61.0 cm³/mol. The largest absolute Gasteiger partial charge is 0.389 e. The molecule has 0 aromatic carbocycles. The minimum atomic E-state index is -0.342. The Bertz CT molecular complexity index is 159. The van der Waals surface area contributed by atoms with Crippen molar-refractivity contribution in [3.8, 4) is 0 Å². The van der Waals surface area contributed by atoms with Crippen LogP contribution in [0.15, 0.2) is 0 Å². The molecule has 0 amide bonds. The van der Waals surface area contributed by atoms with Crippen LogP contribution in [-0.4, -0.2) is 62.0 Å².